The summed E-state index contributed by atoms with van der Waals surface area (Å²) in [6, 6.07) is 0.206. The summed E-state index contributed by atoms with van der Waals surface area (Å²) in [6.07, 6.45) is 1.72. The molecule has 1 aromatic rings. The van der Waals surface area contributed by atoms with Gasteiger partial charge >= 0.3 is 12.6 Å². The Hall–Kier alpha value is -1.70. The molecule has 1 rings (SSSR count). The van der Waals surface area contributed by atoms with Gasteiger partial charge in [0.15, 0.2) is 0 Å². The maximum atomic E-state index is 12.2. The average Bonchev–Trinajstić information content (AvgIpc) is 2.81. The van der Waals surface area contributed by atoms with Crippen LogP contribution in [0.2, 0.25) is 0 Å². The molecule has 2 N–H and O–H groups in total. The molecule has 1 heterocycles. The van der Waals surface area contributed by atoms with Gasteiger partial charge in [-0.3, -0.25) is 4.79 Å². The van der Waals surface area contributed by atoms with Crippen LogP contribution in [0.4, 0.5) is 8.78 Å². The number of rotatable bonds is 8. The van der Waals surface area contributed by atoms with Crippen molar-refractivity contribution in [2.24, 2.45) is 0 Å². The maximum absolute atomic E-state index is 12.2. The molecule has 0 spiro atoms. The summed E-state index contributed by atoms with van der Waals surface area (Å²) in [5.41, 5.74) is 0. The Kier molecular flexibility index (Phi) is 6.37. The predicted molar refractivity (Wildman–Crippen MR) is 69.4 cm³/mol. The fourth-order valence-electron chi connectivity index (χ4n) is 1.54. The smallest absolute Gasteiger partial charge is 0.387 e. The minimum Gasteiger partial charge on any atom is -0.480 e. The summed E-state index contributed by atoms with van der Waals surface area (Å²) < 4.78 is 28.5. The topological polar surface area (TPSA) is 75.6 Å². The van der Waals surface area contributed by atoms with E-state index in [9.17, 15) is 18.4 Å². The predicted octanol–water partition coefficient (Wildman–Crippen LogP) is 2.72. The number of alkyl halides is 2. The van der Waals surface area contributed by atoms with Gasteiger partial charge in [-0.25, -0.2) is 4.79 Å². The van der Waals surface area contributed by atoms with Gasteiger partial charge in [0.2, 0.25) is 0 Å². The van der Waals surface area contributed by atoms with E-state index in [1.54, 1.807) is 0 Å². The molecule has 0 radical (unpaired) electrons. The number of amides is 1. The van der Waals surface area contributed by atoms with E-state index in [2.05, 4.69) is 10.1 Å². The molecule has 0 unspecified atom stereocenters. The number of nitrogens with one attached hydrogen (secondary N) is 1. The van der Waals surface area contributed by atoms with Crippen LogP contribution in [0.1, 0.15) is 35.9 Å². The number of thiophene rings is 1. The number of halogens is 2. The van der Waals surface area contributed by atoms with Crippen molar-refractivity contribution in [2.45, 2.75) is 38.8 Å². The molecule has 20 heavy (non-hydrogen) atoms. The van der Waals surface area contributed by atoms with Crippen molar-refractivity contribution >= 4 is 23.2 Å². The minimum absolute atomic E-state index is 0.0620. The van der Waals surface area contributed by atoms with Crippen molar-refractivity contribution < 1.29 is 28.2 Å². The Morgan fingerprint density at radius 2 is 2.20 bits per heavy atom. The number of carboxylic acids is 1. The fraction of sp³-hybridized carbons (Fsp3) is 0.500. The van der Waals surface area contributed by atoms with Crippen LogP contribution in [0.3, 0.4) is 0 Å². The first-order valence-electron chi connectivity index (χ1n) is 6.01. The van der Waals surface area contributed by atoms with Gasteiger partial charge < -0.3 is 15.2 Å². The number of aliphatic carboxylic acids is 1. The fourth-order valence-corrected chi connectivity index (χ4v) is 2.27. The zero-order chi connectivity index (χ0) is 15.1. The van der Waals surface area contributed by atoms with Gasteiger partial charge in [-0.05, 0) is 17.9 Å². The lowest BCUT2D eigenvalue weighted by Crippen LogP contribution is -2.40. The van der Waals surface area contributed by atoms with Crippen molar-refractivity contribution in [3.05, 3.63) is 16.3 Å². The monoisotopic (exact) mass is 307 g/mol. The number of carbonyl (C=O) groups excluding carboxylic acids is 1. The van der Waals surface area contributed by atoms with Crippen LogP contribution in [0.25, 0.3) is 0 Å². The molecular weight excluding hydrogens is 292 g/mol. The van der Waals surface area contributed by atoms with Gasteiger partial charge in [0.1, 0.15) is 16.7 Å². The molecule has 112 valence electrons. The number of hydrogen-bond acceptors (Lipinski definition) is 4. The first kappa shape index (κ1) is 16.4. The molecule has 0 saturated carbocycles. The molecule has 1 aromatic heterocycles. The van der Waals surface area contributed by atoms with Crippen molar-refractivity contribution in [2.75, 3.05) is 0 Å². The summed E-state index contributed by atoms with van der Waals surface area (Å²) in [5.74, 6) is -2.12. The summed E-state index contributed by atoms with van der Waals surface area (Å²) in [7, 11) is 0. The molecule has 5 nitrogen and oxygen atoms in total. The lowest BCUT2D eigenvalue weighted by molar-refractivity contribution is -0.139. The molecule has 1 amide bonds. The van der Waals surface area contributed by atoms with Crippen molar-refractivity contribution in [3.63, 3.8) is 0 Å². The molecule has 0 aromatic carbocycles. The van der Waals surface area contributed by atoms with E-state index in [0.717, 1.165) is 17.8 Å². The van der Waals surface area contributed by atoms with Crippen LogP contribution in [-0.2, 0) is 4.79 Å². The molecule has 8 heteroatoms. The van der Waals surface area contributed by atoms with Crippen molar-refractivity contribution in [1.29, 1.82) is 0 Å². The highest BCUT2D eigenvalue weighted by Gasteiger charge is 2.23. The molecule has 0 aliphatic carbocycles. The zero-order valence-electron chi connectivity index (χ0n) is 10.8. The van der Waals surface area contributed by atoms with Gasteiger partial charge in [-0.15, -0.1) is 11.3 Å². The third kappa shape index (κ3) is 4.76. The molecule has 0 bridgehead atoms. The molecule has 0 fully saturated rings. The second kappa shape index (κ2) is 7.78. The lowest BCUT2D eigenvalue weighted by Gasteiger charge is -2.14. The summed E-state index contributed by atoms with van der Waals surface area (Å²) in [6.45, 7) is -1.14. The second-order valence-electron chi connectivity index (χ2n) is 4.00. The SMILES string of the molecule is CCCC[C@H](NC(=O)c1sccc1OC(F)F)C(=O)O. The van der Waals surface area contributed by atoms with E-state index in [1.807, 2.05) is 6.92 Å². The van der Waals surface area contributed by atoms with Crippen LogP contribution in [-0.4, -0.2) is 29.6 Å². The van der Waals surface area contributed by atoms with Gasteiger partial charge in [0.05, 0.1) is 0 Å². The minimum atomic E-state index is -3.04. The van der Waals surface area contributed by atoms with E-state index in [0.29, 0.717) is 6.42 Å². The van der Waals surface area contributed by atoms with Crippen molar-refractivity contribution in [1.82, 2.24) is 5.32 Å². The highest BCUT2D eigenvalue weighted by molar-refractivity contribution is 7.12. The molecule has 0 aliphatic heterocycles. The van der Waals surface area contributed by atoms with Crippen molar-refractivity contribution in [3.8, 4) is 5.75 Å². The van der Waals surface area contributed by atoms with E-state index in [1.165, 1.54) is 11.4 Å². The van der Waals surface area contributed by atoms with E-state index >= 15 is 0 Å². The first-order chi connectivity index (χ1) is 9.45. The van der Waals surface area contributed by atoms with Crippen LogP contribution >= 0.6 is 11.3 Å². The largest absolute Gasteiger partial charge is 0.480 e. The summed E-state index contributed by atoms with van der Waals surface area (Å²) in [5, 5.41) is 12.7. The quantitative estimate of drug-likeness (QED) is 0.774. The Balaban J connectivity index is 2.73. The zero-order valence-corrected chi connectivity index (χ0v) is 11.6. The normalized spacial score (nSPS) is 12.2. The van der Waals surface area contributed by atoms with E-state index in [-0.39, 0.29) is 17.0 Å². The van der Waals surface area contributed by atoms with Crippen LogP contribution in [0, 0.1) is 0 Å². The first-order valence-corrected chi connectivity index (χ1v) is 6.89. The third-order valence-electron chi connectivity index (χ3n) is 2.50. The number of hydrogen-bond donors (Lipinski definition) is 2. The molecule has 0 aliphatic rings. The van der Waals surface area contributed by atoms with E-state index in [4.69, 9.17) is 5.11 Å². The van der Waals surface area contributed by atoms with Crippen LogP contribution < -0.4 is 10.1 Å². The highest BCUT2D eigenvalue weighted by Crippen LogP contribution is 2.26. The Bertz CT molecular complexity index is 464. The van der Waals surface area contributed by atoms with Gasteiger partial charge in [-0.2, -0.15) is 8.78 Å². The summed E-state index contributed by atoms with van der Waals surface area (Å²) >= 11 is 0.914. The van der Waals surface area contributed by atoms with Crippen LogP contribution in [0.15, 0.2) is 11.4 Å². The average molecular weight is 307 g/mol. The Labute approximate surface area is 118 Å². The molecular formula is C12H15F2NO4S. The van der Waals surface area contributed by atoms with Gasteiger partial charge in [-0.1, -0.05) is 19.8 Å². The second-order valence-corrected chi connectivity index (χ2v) is 4.92. The third-order valence-corrected chi connectivity index (χ3v) is 3.40. The van der Waals surface area contributed by atoms with Gasteiger partial charge in [0, 0.05) is 0 Å². The molecule has 1 atom stereocenters. The summed E-state index contributed by atoms with van der Waals surface area (Å²) in [4.78, 5) is 22.8. The molecule has 0 saturated heterocycles. The maximum Gasteiger partial charge on any atom is 0.387 e. The number of ether oxygens (including phenoxy) is 1. The number of unbranched alkanes of at least 4 members (excludes halogenated alkanes) is 1. The Morgan fingerprint density at radius 3 is 2.75 bits per heavy atom. The number of carboxylic acid groups (broad SMARTS) is 1. The van der Waals surface area contributed by atoms with Crippen LogP contribution in [0.5, 0.6) is 5.75 Å². The number of carbonyl (C=O) groups is 2. The van der Waals surface area contributed by atoms with Gasteiger partial charge in [0.25, 0.3) is 5.91 Å². The highest BCUT2D eigenvalue weighted by atomic mass is 32.1. The Morgan fingerprint density at radius 1 is 1.50 bits per heavy atom. The lowest BCUT2D eigenvalue weighted by atomic mass is 10.1. The van der Waals surface area contributed by atoms with E-state index < -0.39 is 24.5 Å². The standard InChI is InChI=1S/C12H15F2NO4S/c1-2-3-4-7(11(17)18)15-10(16)9-8(5-6-20-9)19-12(13)14/h5-7,12H,2-4H2,1H3,(H,15,16)(H,17,18)/t7-/m0/s1.